The van der Waals surface area contributed by atoms with Crippen LogP contribution in [0.25, 0.3) is 99.8 Å². The van der Waals surface area contributed by atoms with Gasteiger partial charge in [-0.3, -0.25) is 8.97 Å². The molecule has 0 spiro atoms. The van der Waals surface area contributed by atoms with Gasteiger partial charge in [-0.1, -0.05) is 146 Å². The molecule has 11 rings (SSSR count). The molecule has 0 aliphatic rings. The summed E-state index contributed by atoms with van der Waals surface area (Å²) in [6.45, 7) is 0. The molecule has 0 bridgehead atoms. The molecular weight excluding hydrogens is 657 g/mol. The summed E-state index contributed by atoms with van der Waals surface area (Å²) < 4.78 is 4.81. The lowest BCUT2D eigenvalue weighted by molar-refractivity contribution is 1.15. The third kappa shape index (κ3) is 4.85. The van der Waals surface area contributed by atoms with Crippen LogP contribution in [0.4, 0.5) is 0 Å². The molecule has 4 nitrogen and oxygen atoms in total. The summed E-state index contributed by atoms with van der Waals surface area (Å²) >= 11 is 0. The molecule has 3 heterocycles. The summed E-state index contributed by atoms with van der Waals surface area (Å²) in [6.07, 6.45) is 0. The Labute approximate surface area is 311 Å². The van der Waals surface area contributed by atoms with E-state index in [-0.39, 0.29) is 0 Å². The highest BCUT2D eigenvalue weighted by atomic mass is 15.1. The van der Waals surface area contributed by atoms with E-state index in [0.717, 1.165) is 45.0 Å². The van der Waals surface area contributed by atoms with Crippen molar-refractivity contribution in [3.05, 3.63) is 194 Å². The molecule has 0 N–H and O–H groups in total. The highest BCUT2D eigenvalue weighted by Gasteiger charge is 2.22. The Morgan fingerprint density at radius 2 is 0.870 bits per heavy atom. The largest absolute Gasteiger partial charge is 0.293 e. The summed E-state index contributed by atoms with van der Waals surface area (Å²) in [5, 5.41) is 5.97. The zero-order valence-corrected chi connectivity index (χ0v) is 29.3. The van der Waals surface area contributed by atoms with Crippen LogP contribution < -0.4 is 0 Å². The van der Waals surface area contributed by atoms with Gasteiger partial charge in [0, 0.05) is 33.3 Å². The average Bonchev–Trinajstić information content (AvgIpc) is 3.76. The van der Waals surface area contributed by atoms with Crippen molar-refractivity contribution in [1.82, 2.24) is 18.9 Å². The molecule has 4 heteroatoms. The van der Waals surface area contributed by atoms with E-state index in [1.54, 1.807) is 0 Å². The molecule has 0 saturated carbocycles. The smallest absolute Gasteiger partial charge is 0.160 e. The lowest BCUT2D eigenvalue weighted by atomic mass is 10.00. The first-order valence-electron chi connectivity index (χ1n) is 18.3. The van der Waals surface area contributed by atoms with Crippen LogP contribution in [0, 0.1) is 0 Å². The Balaban J connectivity index is 1.10. The predicted octanol–water partition coefficient (Wildman–Crippen LogP) is 12.8. The van der Waals surface area contributed by atoms with Gasteiger partial charge in [-0.05, 0) is 75.6 Å². The molecule has 0 fully saturated rings. The molecular formula is C50H32N4. The van der Waals surface area contributed by atoms with Gasteiger partial charge in [0.25, 0.3) is 0 Å². The normalized spacial score (nSPS) is 11.7. The van der Waals surface area contributed by atoms with Crippen LogP contribution in [0.3, 0.4) is 0 Å². The van der Waals surface area contributed by atoms with Gasteiger partial charge < -0.3 is 0 Å². The van der Waals surface area contributed by atoms with E-state index in [2.05, 4.69) is 203 Å². The van der Waals surface area contributed by atoms with Crippen molar-refractivity contribution in [2.24, 2.45) is 0 Å². The van der Waals surface area contributed by atoms with Crippen molar-refractivity contribution in [3.8, 4) is 50.7 Å². The Kier molecular flexibility index (Phi) is 6.82. The second-order valence-electron chi connectivity index (χ2n) is 13.9. The van der Waals surface area contributed by atoms with Crippen LogP contribution in [-0.4, -0.2) is 18.9 Å². The summed E-state index contributed by atoms with van der Waals surface area (Å²) in [6, 6.07) is 69.1. The van der Waals surface area contributed by atoms with Crippen molar-refractivity contribution in [3.63, 3.8) is 0 Å². The summed E-state index contributed by atoms with van der Waals surface area (Å²) in [5.41, 5.74) is 13.0. The van der Waals surface area contributed by atoms with Crippen molar-refractivity contribution in [1.29, 1.82) is 0 Å². The third-order valence-electron chi connectivity index (χ3n) is 10.7. The Bertz CT molecular complexity index is 3110. The average molecular weight is 689 g/mol. The first-order chi connectivity index (χ1) is 26.8. The number of hydrogen-bond donors (Lipinski definition) is 0. The third-order valence-corrected chi connectivity index (χ3v) is 10.7. The molecule has 0 radical (unpaired) electrons. The number of aromatic nitrogens is 4. The van der Waals surface area contributed by atoms with E-state index in [4.69, 9.17) is 9.97 Å². The molecule has 0 aliphatic heterocycles. The maximum Gasteiger partial charge on any atom is 0.160 e. The van der Waals surface area contributed by atoms with Crippen LogP contribution in [0.1, 0.15) is 0 Å². The van der Waals surface area contributed by atoms with Crippen LogP contribution in [0.15, 0.2) is 194 Å². The van der Waals surface area contributed by atoms with Gasteiger partial charge in [-0.2, -0.15) is 0 Å². The number of benzene rings is 8. The van der Waals surface area contributed by atoms with Crippen molar-refractivity contribution >= 4 is 49.1 Å². The first kappa shape index (κ1) is 30.3. The van der Waals surface area contributed by atoms with E-state index >= 15 is 0 Å². The van der Waals surface area contributed by atoms with Crippen LogP contribution in [-0.2, 0) is 0 Å². The molecule has 54 heavy (non-hydrogen) atoms. The summed E-state index contributed by atoms with van der Waals surface area (Å²) in [7, 11) is 0. The second kappa shape index (κ2) is 12.1. The van der Waals surface area contributed by atoms with Gasteiger partial charge in [-0.15, -0.1) is 0 Å². The van der Waals surface area contributed by atoms with Crippen LogP contribution in [0.5, 0.6) is 0 Å². The number of imidazole rings is 1. The quantitative estimate of drug-likeness (QED) is 0.180. The number of nitrogens with zero attached hydrogens (tertiary/aromatic N) is 4. The van der Waals surface area contributed by atoms with Gasteiger partial charge >= 0.3 is 0 Å². The maximum absolute atomic E-state index is 5.22. The topological polar surface area (TPSA) is 35.1 Å². The summed E-state index contributed by atoms with van der Waals surface area (Å²) in [4.78, 5) is 10.4. The van der Waals surface area contributed by atoms with E-state index in [0.29, 0.717) is 5.82 Å². The van der Waals surface area contributed by atoms with Crippen molar-refractivity contribution in [2.45, 2.75) is 0 Å². The SMILES string of the molecule is c1ccc(-n2c3ccccc3n3c4ccccc4c(-c4ccc(-c5cc(-c6ccc7ccccc7c6)nc(-c6ccc7ccccc7c6)n5)cc4)c23)cc1. The molecule has 0 unspecified atom stereocenters. The van der Waals surface area contributed by atoms with Crippen LogP contribution in [0.2, 0.25) is 0 Å². The Morgan fingerprint density at radius 3 is 1.59 bits per heavy atom. The molecule has 0 saturated heterocycles. The van der Waals surface area contributed by atoms with E-state index in [1.807, 2.05) is 0 Å². The minimum atomic E-state index is 0.706. The van der Waals surface area contributed by atoms with Crippen LogP contribution >= 0.6 is 0 Å². The number of fused-ring (bicyclic) bond motifs is 7. The van der Waals surface area contributed by atoms with Crippen molar-refractivity contribution < 1.29 is 0 Å². The second-order valence-corrected chi connectivity index (χ2v) is 13.9. The highest BCUT2D eigenvalue weighted by molar-refractivity contribution is 6.09. The maximum atomic E-state index is 5.22. The van der Waals surface area contributed by atoms with Gasteiger partial charge in [0.15, 0.2) is 5.82 Å². The minimum absolute atomic E-state index is 0.706. The predicted molar refractivity (Wildman–Crippen MR) is 224 cm³/mol. The molecule has 11 aromatic rings. The molecule has 252 valence electrons. The fourth-order valence-electron chi connectivity index (χ4n) is 8.12. The zero-order valence-electron chi connectivity index (χ0n) is 29.3. The molecule has 0 atom stereocenters. The van der Waals surface area contributed by atoms with E-state index < -0.39 is 0 Å². The standard InChI is InChI=1S/C50H32N4/c1-2-16-41(17-3-1)53-46-20-10-11-21-47(46)54-45-19-9-8-18-42(45)48(50(53)54)36-26-24-35(25-27-36)43-32-44(39-28-22-33-12-4-6-14-37(33)30-39)52-49(51-43)40-29-23-34-13-5-7-15-38(34)31-40/h1-32H. The van der Waals surface area contributed by atoms with Gasteiger partial charge in [0.1, 0.15) is 5.65 Å². The fraction of sp³-hybridized carbons (Fsp3) is 0. The first-order valence-corrected chi connectivity index (χ1v) is 18.3. The molecule has 3 aromatic heterocycles. The summed E-state index contributed by atoms with van der Waals surface area (Å²) in [5.74, 6) is 0.706. The monoisotopic (exact) mass is 688 g/mol. The number of rotatable bonds is 5. The van der Waals surface area contributed by atoms with E-state index in [1.165, 1.54) is 49.0 Å². The Morgan fingerprint density at radius 1 is 0.352 bits per heavy atom. The van der Waals surface area contributed by atoms with E-state index in [9.17, 15) is 0 Å². The van der Waals surface area contributed by atoms with Gasteiger partial charge in [-0.25, -0.2) is 9.97 Å². The lowest BCUT2D eigenvalue weighted by Crippen LogP contribution is -1.96. The lowest BCUT2D eigenvalue weighted by Gasteiger charge is -2.12. The number of para-hydroxylation sites is 4. The molecule has 0 aliphatic carbocycles. The molecule has 8 aromatic carbocycles. The van der Waals surface area contributed by atoms with Gasteiger partial charge in [0.05, 0.1) is 27.9 Å². The minimum Gasteiger partial charge on any atom is -0.293 e. The molecule has 0 amide bonds. The van der Waals surface area contributed by atoms with Gasteiger partial charge in [0.2, 0.25) is 0 Å². The van der Waals surface area contributed by atoms with Crippen molar-refractivity contribution in [2.75, 3.05) is 0 Å². The zero-order chi connectivity index (χ0) is 35.6. The highest BCUT2D eigenvalue weighted by Crippen LogP contribution is 2.41. The fourth-order valence-corrected chi connectivity index (χ4v) is 8.12. The Hall–Kier alpha value is -7.30. The number of hydrogen-bond acceptors (Lipinski definition) is 2.